The zero-order chi connectivity index (χ0) is 20.1. The third-order valence-corrected chi connectivity index (χ3v) is 8.99. The molecule has 144 valence electrons. The average molecular weight is 459 g/mol. The summed E-state index contributed by atoms with van der Waals surface area (Å²) in [7, 11) is 0. The van der Waals surface area contributed by atoms with Crippen molar-refractivity contribution in [3.05, 3.63) is 75.4 Å². The summed E-state index contributed by atoms with van der Waals surface area (Å²) < 4.78 is 1.09. The number of nitrogens with zero attached hydrogens (tertiary/aromatic N) is 2. The second-order valence-corrected chi connectivity index (χ2v) is 10.3. The molecule has 0 N–H and O–H groups in total. The lowest BCUT2D eigenvalue weighted by atomic mass is 10.1. The van der Waals surface area contributed by atoms with Crippen LogP contribution in [0.5, 0.6) is 0 Å². The summed E-state index contributed by atoms with van der Waals surface area (Å²) in [6.45, 7) is 0. The predicted octanol–water partition coefficient (Wildman–Crippen LogP) is 5.25. The molecule has 1 aliphatic carbocycles. The van der Waals surface area contributed by atoms with E-state index in [2.05, 4.69) is 12.2 Å². The van der Waals surface area contributed by atoms with Crippen molar-refractivity contribution in [2.45, 2.75) is 6.42 Å². The maximum Gasteiger partial charge on any atom is 0.288 e. The molecular formula is C19H10N2O4S4. The van der Waals surface area contributed by atoms with Crippen molar-refractivity contribution in [2.75, 3.05) is 0 Å². The van der Waals surface area contributed by atoms with Gasteiger partial charge in [-0.2, -0.15) is 0 Å². The van der Waals surface area contributed by atoms with Crippen molar-refractivity contribution in [3.8, 4) is 19.5 Å². The zero-order valence-electron chi connectivity index (χ0n) is 14.5. The fourth-order valence-corrected chi connectivity index (χ4v) is 7.44. The van der Waals surface area contributed by atoms with Crippen LogP contribution in [0.3, 0.4) is 0 Å². The van der Waals surface area contributed by atoms with E-state index in [0.717, 1.165) is 36.4 Å². The first-order chi connectivity index (χ1) is 14.0. The van der Waals surface area contributed by atoms with E-state index >= 15 is 0 Å². The van der Waals surface area contributed by atoms with Crippen LogP contribution in [-0.2, 0) is 6.42 Å². The standard InChI is InChI=1S/C19H10N2O4S4/c22-20(23)12-3-5-26-18(12)16-7-10-1-2-14-11(8-15(10)29-16)9-17(28-14)19-13(21(24)25)4-6-27-19/h2-9H,1H2. The first kappa shape index (κ1) is 18.4. The van der Waals surface area contributed by atoms with Crippen LogP contribution in [0.15, 0.2) is 35.0 Å². The fraction of sp³-hybridized carbons (Fsp3) is 0.0526. The first-order valence-corrected chi connectivity index (χ1v) is 11.8. The highest BCUT2D eigenvalue weighted by Crippen LogP contribution is 2.41. The fourth-order valence-electron chi connectivity index (χ4n) is 3.25. The minimum absolute atomic E-state index is 0.135. The highest BCUT2D eigenvalue weighted by Gasteiger charge is 2.21. The zero-order valence-corrected chi connectivity index (χ0v) is 17.8. The largest absolute Gasteiger partial charge is 0.288 e. The third-order valence-electron chi connectivity index (χ3n) is 4.56. The van der Waals surface area contributed by atoms with E-state index in [9.17, 15) is 20.2 Å². The van der Waals surface area contributed by atoms with Crippen LogP contribution in [0, 0.1) is 20.2 Å². The molecule has 5 rings (SSSR count). The molecule has 29 heavy (non-hydrogen) atoms. The topological polar surface area (TPSA) is 86.3 Å². The van der Waals surface area contributed by atoms with Crippen LogP contribution in [0.4, 0.5) is 11.4 Å². The molecular weight excluding hydrogens is 448 g/mol. The highest BCUT2D eigenvalue weighted by molar-refractivity contribution is 7.22. The molecule has 0 aliphatic heterocycles. The predicted molar refractivity (Wildman–Crippen MR) is 120 cm³/mol. The summed E-state index contributed by atoms with van der Waals surface area (Å²) >= 11 is 5.85. The lowest BCUT2D eigenvalue weighted by Crippen LogP contribution is -2.16. The Morgan fingerprint density at radius 2 is 1.48 bits per heavy atom. The van der Waals surface area contributed by atoms with Crippen molar-refractivity contribution >= 4 is 68.9 Å². The number of hydrogen-bond donors (Lipinski definition) is 0. The van der Waals surface area contributed by atoms with Gasteiger partial charge in [-0.15, -0.1) is 45.3 Å². The van der Waals surface area contributed by atoms with Gasteiger partial charge in [-0.1, -0.05) is 6.08 Å². The van der Waals surface area contributed by atoms with Crippen molar-refractivity contribution in [2.24, 2.45) is 0 Å². The molecule has 0 aromatic carbocycles. The second-order valence-electron chi connectivity index (χ2n) is 6.27. The molecule has 4 heterocycles. The van der Waals surface area contributed by atoms with E-state index in [4.69, 9.17) is 0 Å². The molecule has 0 amide bonds. The van der Waals surface area contributed by atoms with Gasteiger partial charge in [0.2, 0.25) is 0 Å². The minimum Gasteiger partial charge on any atom is -0.258 e. The Balaban J connectivity index is 1.60. The van der Waals surface area contributed by atoms with Gasteiger partial charge in [0, 0.05) is 21.5 Å². The van der Waals surface area contributed by atoms with Gasteiger partial charge in [-0.05, 0) is 46.2 Å². The quantitative estimate of drug-likeness (QED) is 0.309. The van der Waals surface area contributed by atoms with Crippen molar-refractivity contribution in [1.82, 2.24) is 0 Å². The number of fused-ring (bicyclic) bond motifs is 2. The van der Waals surface area contributed by atoms with Crippen molar-refractivity contribution in [1.29, 1.82) is 0 Å². The number of rotatable bonds is 4. The second kappa shape index (κ2) is 6.99. The number of nitro groups is 2. The van der Waals surface area contributed by atoms with Gasteiger partial charge >= 0.3 is 0 Å². The summed E-state index contributed by atoms with van der Waals surface area (Å²) in [6.07, 6.45) is 4.94. The van der Waals surface area contributed by atoms with Gasteiger partial charge in [-0.3, -0.25) is 20.2 Å². The van der Waals surface area contributed by atoms with Crippen LogP contribution in [0.1, 0.15) is 10.4 Å². The normalized spacial score (nSPS) is 12.4. The van der Waals surface area contributed by atoms with Crippen molar-refractivity contribution < 1.29 is 9.85 Å². The summed E-state index contributed by atoms with van der Waals surface area (Å²) in [5.41, 5.74) is 1.41. The summed E-state index contributed by atoms with van der Waals surface area (Å²) in [6, 6.07) is 7.11. The van der Waals surface area contributed by atoms with Crippen molar-refractivity contribution in [3.63, 3.8) is 0 Å². The van der Waals surface area contributed by atoms with Gasteiger partial charge in [0.15, 0.2) is 0 Å². The smallest absolute Gasteiger partial charge is 0.258 e. The summed E-state index contributed by atoms with van der Waals surface area (Å²) in [5.74, 6) is 0. The first-order valence-electron chi connectivity index (χ1n) is 8.40. The van der Waals surface area contributed by atoms with Crippen LogP contribution >= 0.6 is 45.3 Å². The molecule has 10 heteroatoms. The van der Waals surface area contributed by atoms with Gasteiger partial charge in [0.05, 0.1) is 19.6 Å². The van der Waals surface area contributed by atoms with E-state index in [1.54, 1.807) is 33.4 Å². The monoisotopic (exact) mass is 458 g/mol. The van der Waals surface area contributed by atoms with Gasteiger partial charge in [0.1, 0.15) is 9.75 Å². The lowest BCUT2D eigenvalue weighted by molar-refractivity contribution is -0.383. The Kier molecular flexibility index (Phi) is 4.43. The van der Waals surface area contributed by atoms with E-state index in [-0.39, 0.29) is 21.2 Å². The molecule has 6 nitrogen and oxygen atoms in total. The molecule has 0 saturated carbocycles. The Bertz CT molecular complexity index is 1410. The molecule has 0 fully saturated rings. The molecule has 0 spiro atoms. The minimum atomic E-state index is -0.345. The molecule has 4 aromatic rings. The van der Waals surface area contributed by atoms with Gasteiger partial charge < -0.3 is 0 Å². The molecule has 0 bridgehead atoms. The van der Waals surface area contributed by atoms with E-state index < -0.39 is 0 Å². The van der Waals surface area contributed by atoms with Crippen LogP contribution in [0.25, 0.3) is 31.7 Å². The highest BCUT2D eigenvalue weighted by atomic mass is 32.1. The molecule has 4 aromatic heterocycles. The Hall–Kier alpha value is -2.66. The third kappa shape index (κ3) is 3.14. The molecule has 0 radical (unpaired) electrons. The van der Waals surface area contributed by atoms with E-state index in [1.165, 1.54) is 34.8 Å². The van der Waals surface area contributed by atoms with Crippen LogP contribution in [0.2, 0.25) is 0 Å². The van der Waals surface area contributed by atoms with Crippen LogP contribution in [-0.4, -0.2) is 9.85 Å². The summed E-state index contributed by atoms with van der Waals surface area (Å²) in [4.78, 5) is 26.1. The SMILES string of the molecule is O=[N+]([O-])c1ccsc1-c1cc2c(s1)C=c1cc(-c3sccc3[N+](=O)[O-])sc1=CC2. The van der Waals surface area contributed by atoms with E-state index in [0.29, 0.717) is 9.75 Å². The average Bonchev–Trinajstić information content (AvgIpc) is 3.45. The van der Waals surface area contributed by atoms with E-state index in [1.807, 2.05) is 12.1 Å². The van der Waals surface area contributed by atoms with Gasteiger partial charge in [0.25, 0.3) is 11.4 Å². The number of thiophene rings is 4. The number of hydrogen-bond acceptors (Lipinski definition) is 8. The Morgan fingerprint density at radius 3 is 2.10 bits per heavy atom. The Labute approximate surface area is 179 Å². The molecule has 0 saturated heterocycles. The van der Waals surface area contributed by atoms with Gasteiger partial charge in [-0.25, -0.2) is 0 Å². The Morgan fingerprint density at radius 1 is 0.862 bits per heavy atom. The molecule has 1 aliphatic rings. The lowest BCUT2D eigenvalue weighted by Gasteiger charge is -1.92. The molecule has 0 unspecified atom stereocenters. The molecule has 0 atom stereocenters. The summed E-state index contributed by atoms with van der Waals surface area (Å²) in [5, 5.41) is 27.0. The maximum atomic E-state index is 11.3. The van der Waals surface area contributed by atoms with Crippen LogP contribution < -0.4 is 9.75 Å². The maximum absolute atomic E-state index is 11.3.